The highest BCUT2D eigenvalue weighted by Gasteiger charge is 2.41. The first-order valence-electron chi connectivity index (χ1n) is 20.0. The first kappa shape index (κ1) is 41.3. The lowest BCUT2D eigenvalue weighted by molar-refractivity contribution is -0.00571. The van der Waals surface area contributed by atoms with E-state index in [9.17, 15) is 9.59 Å². The fraction of sp³-hybridized carbons (Fsp3) is 0.512. The Bertz CT molecular complexity index is 2050. The number of carbonyl (C=O) groups is 2. The summed E-state index contributed by atoms with van der Waals surface area (Å²) in [6.45, 7) is 15.9. The van der Waals surface area contributed by atoms with E-state index < -0.39 is 5.97 Å². The number of anilines is 7. The molecule has 59 heavy (non-hydrogen) atoms. The average molecular weight is 810 g/mol. The van der Waals surface area contributed by atoms with Crippen molar-refractivity contribution in [3.05, 3.63) is 67.1 Å². The number of nitrogens with one attached hydrogen (secondary N) is 2. The van der Waals surface area contributed by atoms with Gasteiger partial charge in [0.05, 0.1) is 54.2 Å². The second-order valence-electron chi connectivity index (χ2n) is 15.6. The Balaban J connectivity index is 0.000000152. The number of pyridine rings is 2. The maximum Gasteiger partial charge on any atom is 0.356 e. The summed E-state index contributed by atoms with van der Waals surface area (Å²) in [4.78, 5) is 59.5. The van der Waals surface area contributed by atoms with E-state index in [1.807, 2.05) is 0 Å². The summed E-state index contributed by atoms with van der Waals surface area (Å²) < 4.78 is 11.7. The standard InChI is InChI=1S/C20H25N7O2.C15H22N4O.C5H4N2O2.CH4/c1-13-10-26(11-14(2)29-13)18-4-3-16-19(24-18)27(15-5-8-25(16)12-15)20(28)23-17-9-21-6-7-22-17;1-10-7-19(8-11(2)20-10)14-4-3-13-15(17-14)16-12-5-6-18(13)9-12;8-5(9)4-3-6-1-2-7-4;/h3-4,6-7,9,13-15H,5,8,10-12H2,1-2H3,(H,22,23,28);3-4,10-12H,5-9H2,1-2H3,(H,16,17);1-3H,(H,8,9);1H4/t13-,14-,15-;10-,11-,12-;;/m00../s1. The molecule has 4 aromatic heterocycles. The number of amides is 2. The number of morpholine rings is 2. The van der Waals surface area contributed by atoms with Gasteiger partial charge in [-0.25, -0.2) is 29.5 Å². The zero-order valence-electron chi connectivity index (χ0n) is 33.3. The van der Waals surface area contributed by atoms with Gasteiger partial charge in [0.15, 0.2) is 23.1 Å². The van der Waals surface area contributed by atoms with Crippen LogP contribution in [0.5, 0.6) is 0 Å². The molecule has 18 heteroatoms. The van der Waals surface area contributed by atoms with Crippen molar-refractivity contribution < 1.29 is 24.2 Å². The molecule has 0 aliphatic carbocycles. The summed E-state index contributed by atoms with van der Waals surface area (Å²) in [5, 5.41) is 14.7. The minimum atomic E-state index is -1.05. The summed E-state index contributed by atoms with van der Waals surface area (Å²) in [6, 6.07) is 8.98. The summed E-state index contributed by atoms with van der Waals surface area (Å²) in [7, 11) is 0. The third kappa shape index (κ3) is 9.38. The zero-order chi connectivity index (χ0) is 40.3. The number of nitrogens with zero attached hydrogens (tertiary/aromatic N) is 11. The SMILES string of the molecule is C.C[C@H]1CN(c2ccc3c(n2)N(C(=O)Nc2cnccn2)[C@H]2CCN3C2)C[C@H](C)O1.C[C@H]1CN(c2ccc3c(n2)N[C@H]2CCN3C2)C[C@H](C)O1.O=C(O)c1cnccn1. The monoisotopic (exact) mass is 809 g/mol. The topological polar surface area (TPSA) is 190 Å². The Labute approximate surface area is 345 Å². The first-order chi connectivity index (χ1) is 28.1. The van der Waals surface area contributed by atoms with E-state index in [-0.39, 0.29) is 49.6 Å². The van der Waals surface area contributed by atoms with Crippen molar-refractivity contribution >= 4 is 52.5 Å². The first-order valence-corrected chi connectivity index (χ1v) is 20.0. The highest BCUT2D eigenvalue weighted by Crippen LogP contribution is 2.41. The van der Waals surface area contributed by atoms with Crippen molar-refractivity contribution in [3.8, 4) is 0 Å². The third-order valence-corrected chi connectivity index (χ3v) is 11.0. The molecule has 3 N–H and O–H groups in total. The van der Waals surface area contributed by atoms with Crippen LogP contribution in [0.3, 0.4) is 0 Å². The lowest BCUT2D eigenvalue weighted by Crippen LogP contribution is -2.49. The number of urea groups is 1. The van der Waals surface area contributed by atoms with E-state index in [0.717, 1.165) is 81.9 Å². The molecule has 6 aliphatic rings. The number of hydrogen-bond acceptors (Lipinski definition) is 15. The van der Waals surface area contributed by atoms with Crippen LogP contribution in [-0.4, -0.2) is 136 Å². The Morgan fingerprint density at radius 2 is 1.31 bits per heavy atom. The van der Waals surface area contributed by atoms with Crippen molar-refractivity contribution in [2.75, 3.05) is 87.5 Å². The van der Waals surface area contributed by atoms with Crippen LogP contribution in [-0.2, 0) is 9.47 Å². The molecule has 10 heterocycles. The van der Waals surface area contributed by atoms with E-state index in [2.05, 4.69) is 102 Å². The van der Waals surface area contributed by atoms with Gasteiger partial charge in [0.25, 0.3) is 0 Å². The summed E-state index contributed by atoms with van der Waals surface area (Å²) >= 11 is 0. The van der Waals surface area contributed by atoms with E-state index >= 15 is 0 Å². The van der Waals surface area contributed by atoms with Crippen LogP contribution in [0.25, 0.3) is 0 Å². The number of aromatic carboxylic acids is 1. The lowest BCUT2D eigenvalue weighted by Gasteiger charge is -2.39. The number of aromatic nitrogens is 6. The van der Waals surface area contributed by atoms with Gasteiger partial charge in [-0.3, -0.25) is 20.2 Å². The molecular formula is C41H55N13O5. The normalized spacial score (nSPS) is 24.8. The zero-order valence-corrected chi connectivity index (χ0v) is 33.3. The summed E-state index contributed by atoms with van der Waals surface area (Å²) in [5.74, 6) is 3.10. The number of rotatable bonds is 4. The van der Waals surface area contributed by atoms with Gasteiger partial charge >= 0.3 is 12.0 Å². The number of hydrogen-bond donors (Lipinski definition) is 3. The summed E-state index contributed by atoms with van der Waals surface area (Å²) in [6.07, 6.45) is 11.6. The largest absolute Gasteiger partial charge is 0.476 e. The molecular weight excluding hydrogens is 755 g/mol. The smallest absolute Gasteiger partial charge is 0.356 e. The molecule has 0 spiro atoms. The number of fused-ring (bicyclic) bond motifs is 8. The van der Waals surface area contributed by atoms with Crippen LogP contribution in [0.2, 0.25) is 0 Å². The number of carboxylic acids is 1. The van der Waals surface area contributed by atoms with Crippen molar-refractivity contribution in [1.29, 1.82) is 0 Å². The van der Waals surface area contributed by atoms with Crippen molar-refractivity contribution in [3.63, 3.8) is 0 Å². The number of carbonyl (C=O) groups excluding carboxylic acids is 1. The van der Waals surface area contributed by atoms with Crippen molar-refractivity contribution in [2.24, 2.45) is 0 Å². The van der Waals surface area contributed by atoms with Gasteiger partial charge in [-0.05, 0) is 64.8 Å². The van der Waals surface area contributed by atoms with Crippen LogP contribution in [0, 0.1) is 0 Å². The lowest BCUT2D eigenvalue weighted by atomic mass is 10.1. The molecule has 10 rings (SSSR count). The molecule has 4 bridgehead atoms. The molecule has 0 saturated carbocycles. The van der Waals surface area contributed by atoms with Gasteiger partial charge in [0, 0.05) is 83.2 Å². The molecule has 4 aromatic rings. The Morgan fingerprint density at radius 1 is 0.712 bits per heavy atom. The predicted octanol–water partition coefficient (Wildman–Crippen LogP) is 4.63. The molecule has 314 valence electrons. The average Bonchev–Trinajstić information content (AvgIpc) is 3.82. The number of ether oxygens (including phenoxy) is 2. The molecule has 0 radical (unpaired) electrons. The maximum atomic E-state index is 13.2. The summed E-state index contributed by atoms with van der Waals surface area (Å²) in [5.41, 5.74) is 2.24. The minimum absolute atomic E-state index is 0. The highest BCUT2D eigenvalue weighted by atomic mass is 16.5. The fourth-order valence-electron chi connectivity index (χ4n) is 8.58. The Kier molecular flexibility index (Phi) is 12.6. The van der Waals surface area contributed by atoms with Crippen LogP contribution >= 0.6 is 0 Å². The van der Waals surface area contributed by atoms with Crippen LogP contribution in [0.1, 0.15) is 58.5 Å². The maximum absolute atomic E-state index is 13.2. The molecule has 18 nitrogen and oxygen atoms in total. The molecule has 6 atom stereocenters. The van der Waals surface area contributed by atoms with Gasteiger partial charge in [-0.15, -0.1) is 0 Å². The molecule has 4 fully saturated rings. The van der Waals surface area contributed by atoms with Gasteiger partial charge in [-0.2, -0.15) is 0 Å². The van der Waals surface area contributed by atoms with E-state index in [1.54, 1.807) is 23.5 Å². The molecule has 0 unspecified atom stereocenters. The second-order valence-corrected chi connectivity index (χ2v) is 15.6. The quantitative estimate of drug-likeness (QED) is 0.259. The third-order valence-electron chi connectivity index (χ3n) is 11.0. The van der Waals surface area contributed by atoms with Crippen LogP contribution in [0.15, 0.2) is 61.4 Å². The van der Waals surface area contributed by atoms with Gasteiger partial charge in [0.2, 0.25) is 0 Å². The molecule has 6 aliphatic heterocycles. The van der Waals surface area contributed by atoms with E-state index in [1.165, 1.54) is 30.7 Å². The molecule has 2 amide bonds. The van der Waals surface area contributed by atoms with E-state index in [4.69, 9.17) is 24.5 Å². The fourth-order valence-corrected chi connectivity index (χ4v) is 8.58. The van der Waals surface area contributed by atoms with E-state index in [0.29, 0.717) is 17.7 Å². The van der Waals surface area contributed by atoms with Gasteiger partial charge in [-0.1, -0.05) is 7.43 Å². The predicted molar refractivity (Wildman–Crippen MR) is 227 cm³/mol. The van der Waals surface area contributed by atoms with Crippen LogP contribution in [0.4, 0.5) is 45.3 Å². The number of carboxylic acid groups (broad SMARTS) is 1. The van der Waals surface area contributed by atoms with Crippen LogP contribution < -0.4 is 35.1 Å². The van der Waals surface area contributed by atoms with Gasteiger partial charge < -0.3 is 39.5 Å². The van der Waals surface area contributed by atoms with Gasteiger partial charge in [0.1, 0.15) is 11.6 Å². The highest BCUT2D eigenvalue weighted by molar-refractivity contribution is 6.04. The minimum Gasteiger partial charge on any atom is -0.476 e. The van der Waals surface area contributed by atoms with Crippen molar-refractivity contribution in [2.45, 2.75) is 84.5 Å². The second kappa shape index (κ2) is 17.9. The van der Waals surface area contributed by atoms with Crippen molar-refractivity contribution in [1.82, 2.24) is 29.9 Å². The Morgan fingerprint density at radius 3 is 1.90 bits per heavy atom. The Hall–Kier alpha value is -5.88. The molecule has 0 aromatic carbocycles. The molecule has 4 saturated heterocycles.